The molecule has 112 valence electrons. The van der Waals surface area contributed by atoms with Crippen molar-refractivity contribution in [2.75, 3.05) is 18.5 Å². The highest BCUT2D eigenvalue weighted by atomic mass is 15.1. The van der Waals surface area contributed by atoms with E-state index in [1.807, 2.05) is 12.4 Å². The van der Waals surface area contributed by atoms with Crippen LogP contribution in [0.5, 0.6) is 0 Å². The van der Waals surface area contributed by atoms with Crippen LogP contribution in [0.4, 0.5) is 11.4 Å². The Morgan fingerprint density at radius 3 is 2.52 bits per heavy atom. The fraction of sp³-hybridized carbons (Fsp3) is 0.389. The van der Waals surface area contributed by atoms with Crippen LogP contribution in [-0.2, 0) is 6.54 Å². The van der Waals surface area contributed by atoms with Crippen LogP contribution >= 0.6 is 0 Å². The molecule has 21 heavy (non-hydrogen) atoms. The molecule has 3 heteroatoms. The van der Waals surface area contributed by atoms with Crippen LogP contribution < -0.4 is 10.2 Å². The van der Waals surface area contributed by atoms with Crippen molar-refractivity contribution in [1.82, 2.24) is 10.3 Å². The first kappa shape index (κ1) is 15.5. The Balaban J connectivity index is 2.27. The fourth-order valence-electron chi connectivity index (χ4n) is 2.57. The van der Waals surface area contributed by atoms with Crippen molar-refractivity contribution in [1.29, 1.82) is 0 Å². The van der Waals surface area contributed by atoms with E-state index in [1.54, 1.807) is 0 Å². The smallest absolute Gasteiger partial charge is 0.0484 e. The SMILES string of the molecule is CCCNCc1cnccc1N(C)c1cc(C)cc(C)c1. The number of anilines is 2. The van der Waals surface area contributed by atoms with Gasteiger partial charge in [-0.2, -0.15) is 0 Å². The Hall–Kier alpha value is -1.87. The summed E-state index contributed by atoms with van der Waals surface area (Å²) in [5.41, 5.74) is 6.23. The van der Waals surface area contributed by atoms with Crippen molar-refractivity contribution in [2.45, 2.75) is 33.7 Å². The molecule has 1 aromatic carbocycles. The van der Waals surface area contributed by atoms with Gasteiger partial charge in [-0.25, -0.2) is 0 Å². The Labute approximate surface area is 128 Å². The molecule has 0 aliphatic carbocycles. The predicted octanol–water partition coefficient (Wildman–Crippen LogP) is 3.97. The maximum Gasteiger partial charge on any atom is 0.0484 e. The lowest BCUT2D eigenvalue weighted by Crippen LogP contribution is -2.18. The number of benzene rings is 1. The predicted molar refractivity (Wildman–Crippen MR) is 90.2 cm³/mol. The summed E-state index contributed by atoms with van der Waals surface area (Å²) in [4.78, 5) is 6.51. The van der Waals surface area contributed by atoms with Gasteiger partial charge in [-0.3, -0.25) is 4.98 Å². The zero-order chi connectivity index (χ0) is 15.2. The monoisotopic (exact) mass is 283 g/mol. The average Bonchev–Trinajstić information content (AvgIpc) is 2.46. The van der Waals surface area contributed by atoms with Crippen molar-refractivity contribution in [2.24, 2.45) is 0 Å². The zero-order valence-electron chi connectivity index (χ0n) is 13.5. The van der Waals surface area contributed by atoms with Gasteiger partial charge in [0.05, 0.1) is 0 Å². The number of aryl methyl sites for hydroxylation is 2. The second-order valence-electron chi connectivity index (χ2n) is 5.59. The third-order valence-corrected chi connectivity index (χ3v) is 3.58. The first-order valence-electron chi connectivity index (χ1n) is 7.57. The van der Waals surface area contributed by atoms with Crippen molar-refractivity contribution < 1.29 is 0 Å². The molecule has 0 unspecified atom stereocenters. The van der Waals surface area contributed by atoms with Gasteiger partial charge in [0.25, 0.3) is 0 Å². The molecule has 0 amide bonds. The molecule has 0 bridgehead atoms. The molecule has 0 atom stereocenters. The first-order chi connectivity index (χ1) is 10.1. The van der Waals surface area contributed by atoms with Crippen LogP contribution in [-0.4, -0.2) is 18.6 Å². The zero-order valence-corrected chi connectivity index (χ0v) is 13.5. The summed E-state index contributed by atoms with van der Waals surface area (Å²) < 4.78 is 0. The summed E-state index contributed by atoms with van der Waals surface area (Å²) in [5.74, 6) is 0. The summed E-state index contributed by atoms with van der Waals surface area (Å²) in [5, 5.41) is 3.45. The molecule has 3 nitrogen and oxygen atoms in total. The average molecular weight is 283 g/mol. The van der Waals surface area contributed by atoms with E-state index in [4.69, 9.17) is 0 Å². The normalized spacial score (nSPS) is 10.7. The van der Waals surface area contributed by atoms with Crippen LogP contribution in [0.2, 0.25) is 0 Å². The molecule has 0 aliphatic rings. The summed E-state index contributed by atoms with van der Waals surface area (Å²) >= 11 is 0. The van der Waals surface area contributed by atoms with E-state index in [2.05, 4.69) is 67.3 Å². The van der Waals surface area contributed by atoms with Gasteiger partial charge in [-0.15, -0.1) is 0 Å². The minimum Gasteiger partial charge on any atom is -0.344 e. The van der Waals surface area contributed by atoms with Crippen LogP contribution in [0.25, 0.3) is 0 Å². The summed E-state index contributed by atoms with van der Waals surface area (Å²) in [7, 11) is 2.12. The molecule has 0 aliphatic heterocycles. The highest BCUT2D eigenvalue weighted by molar-refractivity contribution is 5.66. The van der Waals surface area contributed by atoms with Gasteiger partial charge >= 0.3 is 0 Å². The van der Waals surface area contributed by atoms with Crippen molar-refractivity contribution in [3.05, 3.63) is 53.3 Å². The molecule has 0 saturated carbocycles. The third kappa shape index (κ3) is 4.05. The molecule has 0 fully saturated rings. The number of nitrogens with zero attached hydrogens (tertiary/aromatic N) is 2. The number of aromatic nitrogens is 1. The number of hydrogen-bond donors (Lipinski definition) is 1. The molecule has 2 aromatic rings. The van der Waals surface area contributed by atoms with Gasteiger partial charge in [-0.1, -0.05) is 13.0 Å². The second-order valence-corrected chi connectivity index (χ2v) is 5.59. The molecule has 2 rings (SSSR count). The molecule has 1 heterocycles. The maximum absolute atomic E-state index is 4.27. The molecular formula is C18H25N3. The van der Waals surface area contributed by atoms with Gasteiger partial charge in [0.1, 0.15) is 0 Å². The maximum atomic E-state index is 4.27. The lowest BCUT2D eigenvalue weighted by molar-refractivity contribution is 0.674. The Morgan fingerprint density at radius 1 is 1.14 bits per heavy atom. The molecular weight excluding hydrogens is 258 g/mol. The van der Waals surface area contributed by atoms with E-state index in [0.29, 0.717) is 0 Å². The van der Waals surface area contributed by atoms with Crippen LogP contribution in [0.1, 0.15) is 30.0 Å². The minimum absolute atomic E-state index is 0.853. The van der Waals surface area contributed by atoms with Crippen LogP contribution in [0.3, 0.4) is 0 Å². The standard InChI is InChI=1S/C18H25N3/c1-5-7-19-12-16-13-20-8-6-18(16)21(4)17-10-14(2)9-15(3)11-17/h6,8-11,13,19H,5,7,12H2,1-4H3. The van der Waals surface area contributed by atoms with Gasteiger partial charge in [0.2, 0.25) is 0 Å². The highest BCUT2D eigenvalue weighted by Crippen LogP contribution is 2.28. The number of hydrogen-bond acceptors (Lipinski definition) is 3. The van der Waals surface area contributed by atoms with Gasteiger partial charge in [0, 0.05) is 42.9 Å². The lowest BCUT2D eigenvalue weighted by Gasteiger charge is -2.23. The molecule has 1 aromatic heterocycles. The topological polar surface area (TPSA) is 28.2 Å². The van der Waals surface area contributed by atoms with E-state index in [9.17, 15) is 0 Å². The molecule has 0 radical (unpaired) electrons. The van der Waals surface area contributed by atoms with Crippen molar-refractivity contribution in [3.8, 4) is 0 Å². The number of nitrogens with one attached hydrogen (secondary N) is 1. The first-order valence-corrected chi connectivity index (χ1v) is 7.57. The fourth-order valence-corrected chi connectivity index (χ4v) is 2.57. The summed E-state index contributed by atoms with van der Waals surface area (Å²) in [6.07, 6.45) is 4.96. The Kier molecular flexibility index (Phi) is 5.34. The Morgan fingerprint density at radius 2 is 1.86 bits per heavy atom. The molecule has 1 N–H and O–H groups in total. The minimum atomic E-state index is 0.853. The number of rotatable bonds is 6. The highest BCUT2D eigenvalue weighted by Gasteiger charge is 2.10. The third-order valence-electron chi connectivity index (χ3n) is 3.58. The van der Waals surface area contributed by atoms with Crippen LogP contribution in [0, 0.1) is 13.8 Å². The van der Waals surface area contributed by atoms with Gasteiger partial charge in [-0.05, 0) is 56.1 Å². The Bertz CT molecular complexity index is 573. The van der Waals surface area contributed by atoms with Gasteiger partial charge < -0.3 is 10.2 Å². The summed E-state index contributed by atoms with van der Waals surface area (Å²) in [6.45, 7) is 8.34. The number of pyridine rings is 1. The molecule has 0 spiro atoms. The van der Waals surface area contributed by atoms with Gasteiger partial charge in [0.15, 0.2) is 0 Å². The second kappa shape index (κ2) is 7.23. The van der Waals surface area contributed by atoms with E-state index >= 15 is 0 Å². The van der Waals surface area contributed by atoms with E-state index < -0.39 is 0 Å². The van der Waals surface area contributed by atoms with E-state index in [-0.39, 0.29) is 0 Å². The van der Waals surface area contributed by atoms with E-state index in [1.165, 1.54) is 28.1 Å². The van der Waals surface area contributed by atoms with Crippen LogP contribution in [0.15, 0.2) is 36.7 Å². The van der Waals surface area contributed by atoms with Crippen molar-refractivity contribution >= 4 is 11.4 Å². The largest absolute Gasteiger partial charge is 0.344 e. The molecule has 0 saturated heterocycles. The quantitative estimate of drug-likeness (QED) is 0.813. The lowest BCUT2D eigenvalue weighted by atomic mass is 10.1. The van der Waals surface area contributed by atoms with E-state index in [0.717, 1.165) is 19.5 Å². The summed E-state index contributed by atoms with van der Waals surface area (Å²) in [6, 6.07) is 8.72. The van der Waals surface area contributed by atoms with Crippen molar-refractivity contribution in [3.63, 3.8) is 0 Å².